The molecule has 0 fully saturated rings. The maximum absolute atomic E-state index is 11.6. The summed E-state index contributed by atoms with van der Waals surface area (Å²) in [5.41, 5.74) is -0.126. The average molecular weight is 374 g/mol. The van der Waals surface area contributed by atoms with Gasteiger partial charge in [-0.2, -0.15) is 4.31 Å². The number of hydrogen-bond acceptors (Lipinski definition) is 5. The summed E-state index contributed by atoms with van der Waals surface area (Å²) in [7, 11) is -9.25. The third-order valence-corrected chi connectivity index (χ3v) is 5.31. The molecule has 0 aromatic carbocycles. The van der Waals surface area contributed by atoms with Crippen molar-refractivity contribution in [3.63, 3.8) is 0 Å². The first-order chi connectivity index (χ1) is 10.1. The summed E-state index contributed by atoms with van der Waals surface area (Å²) in [5, 5.41) is 0. The topological polar surface area (TPSA) is 102 Å². The van der Waals surface area contributed by atoms with E-state index < -0.39 is 15.6 Å². The molecule has 7 nitrogen and oxygen atoms in total. The number of unbranched alkanes of at least 4 members (excludes halogenated alkanes) is 2. The molecule has 0 saturated carbocycles. The Morgan fingerprint density at radius 2 is 1.30 bits per heavy atom. The fraction of sp³-hybridized carbons (Fsp3) is 1.00. The van der Waals surface area contributed by atoms with Crippen molar-refractivity contribution in [1.82, 2.24) is 0 Å². The second kappa shape index (κ2) is 9.10. The van der Waals surface area contributed by atoms with Crippen molar-refractivity contribution in [3.8, 4) is 0 Å². The third-order valence-electron chi connectivity index (χ3n) is 2.69. The summed E-state index contributed by atoms with van der Waals surface area (Å²) in [4.78, 5) is 18.9. The van der Waals surface area contributed by atoms with Gasteiger partial charge in [-0.3, -0.25) is 9.05 Å². The summed E-state index contributed by atoms with van der Waals surface area (Å²) in [5.74, 6) is 0. The zero-order valence-corrected chi connectivity index (χ0v) is 16.9. The van der Waals surface area contributed by atoms with E-state index in [2.05, 4.69) is 29.6 Å². The normalized spacial score (nSPS) is 18.4. The van der Waals surface area contributed by atoms with Crippen LogP contribution in [0.4, 0.5) is 0 Å². The van der Waals surface area contributed by atoms with Crippen LogP contribution in [0.3, 0.4) is 0 Å². The van der Waals surface area contributed by atoms with Gasteiger partial charge in [0.15, 0.2) is 0 Å². The van der Waals surface area contributed by atoms with Gasteiger partial charge < -0.3 is 9.79 Å². The molecule has 23 heavy (non-hydrogen) atoms. The van der Waals surface area contributed by atoms with Crippen LogP contribution in [0.25, 0.3) is 0 Å². The van der Waals surface area contributed by atoms with Crippen molar-refractivity contribution in [1.29, 1.82) is 0 Å². The fourth-order valence-electron chi connectivity index (χ4n) is 1.57. The molecule has 0 rings (SSSR count). The van der Waals surface area contributed by atoms with Crippen LogP contribution in [0.2, 0.25) is 0 Å². The number of rotatable bonds is 10. The molecule has 0 aliphatic heterocycles. The van der Waals surface area contributed by atoms with Crippen molar-refractivity contribution in [2.24, 2.45) is 10.8 Å². The Morgan fingerprint density at radius 1 is 0.783 bits per heavy atom. The highest BCUT2D eigenvalue weighted by Gasteiger charge is 2.36. The van der Waals surface area contributed by atoms with Gasteiger partial charge in [0.1, 0.15) is 0 Å². The lowest BCUT2D eigenvalue weighted by Gasteiger charge is -2.21. The first-order valence-corrected chi connectivity index (χ1v) is 10.8. The van der Waals surface area contributed by atoms with E-state index in [0.717, 1.165) is 19.3 Å². The maximum atomic E-state index is 11.6. The zero-order chi connectivity index (χ0) is 18.4. The summed E-state index contributed by atoms with van der Waals surface area (Å²) < 4.78 is 36.9. The standard InChI is InChI=1S/C14H32O7P2/c1-13(2,3)10-8-7-9-11-19-22(15,16)21-23(17,18)20-12-14(4,5)6/h7-12H2,1-6H3,(H,15,16)(H,17,18). The average Bonchev–Trinajstić information content (AvgIpc) is 2.28. The van der Waals surface area contributed by atoms with E-state index >= 15 is 0 Å². The number of hydrogen-bond donors (Lipinski definition) is 2. The molecule has 0 saturated heterocycles. The molecule has 140 valence electrons. The van der Waals surface area contributed by atoms with Gasteiger partial charge in [0.2, 0.25) is 0 Å². The van der Waals surface area contributed by atoms with Crippen LogP contribution in [0, 0.1) is 10.8 Å². The van der Waals surface area contributed by atoms with Gasteiger partial charge in [-0.05, 0) is 23.7 Å². The second-order valence-corrected chi connectivity index (χ2v) is 11.1. The zero-order valence-electron chi connectivity index (χ0n) is 15.1. The van der Waals surface area contributed by atoms with Gasteiger partial charge in [-0.25, -0.2) is 9.13 Å². The first-order valence-electron chi connectivity index (χ1n) is 7.78. The lowest BCUT2D eigenvalue weighted by molar-refractivity contribution is 0.122. The lowest BCUT2D eigenvalue weighted by Crippen LogP contribution is -2.14. The van der Waals surface area contributed by atoms with Gasteiger partial charge >= 0.3 is 15.6 Å². The molecule has 0 heterocycles. The van der Waals surface area contributed by atoms with Gasteiger partial charge in [0.05, 0.1) is 13.2 Å². The molecule has 0 aromatic heterocycles. The van der Waals surface area contributed by atoms with E-state index in [0.29, 0.717) is 6.42 Å². The molecule has 2 N–H and O–H groups in total. The Labute approximate surface area is 140 Å². The van der Waals surface area contributed by atoms with E-state index in [1.54, 1.807) is 20.8 Å². The summed E-state index contributed by atoms with van der Waals surface area (Å²) in [6, 6.07) is 0. The number of phosphoric ester groups is 2. The molecule has 0 aliphatic rings. The predicted molar refractivity (Wildman–Crippen MR) is 90.0 cm³/mol. The Morgan fingerprint density at radius 3 is 1.78 bits per heavy atom. The van der Waals surface area contributed by atoms with Crippen LogP contribution in [-0.2, 0) is 22.5 Å². The first kappa shape index (κ1) is 23.3. The highest BCUT2D eigenvalue weighted by atomic mass is 31.3. The van der Waals surface area contributed by atoms with Crippen LogP contribution < -0.4 is 0 Å². The Kier molecular flexibility index (Phi) is 9.20. The highest BCUT2D eigenvalue weighted by Crippen LogP contribution is 2.60. The van der Waals surface area contributed by atoms with E-state index in [9.17, 15) is 18.9 Å². The molecule has 0 amide bonds. The molecular weight excluding hydrogens is 342 g/mol. The van der Waals surface area contributed by atoms with Crippen LogP contribution in [-0.4, -0.2) is 23.0 Å². The van der Waals surface area contributed by atoms with Gasteiger partial charge in [0.25, 0.3) is 0 Å². The molecule has 0 radical (unpaired) electrons. The van der Waals surface area contributed by atoms with Crippen LogP contribution in [0.15, 0.2) is 0 Å². The van der Waals surface area contributed by atoms with Crippen LogP contribution in [0.5, 0.6) is 0 Å². The summed E-state index contributed by atoms with van der Waals surface area (Å²) >= 11 is 0. The molecule has 2 unspecified atom stereocenters. The Hall–Kier alpha value is 0.260. The minimum Gasteiger partial charge on any atom is -0.302 e. The SMILES string of the molecule is CC(C)(C)CCCCCOP(=O)(O)OP(=O)(O)OCC(C)(C)C. The van der Waals surface area contributed by atoms with E-state index in [1.807, 2.05) is 0 Å². The van der Waals surface area contributed by atoms with Crippen molar-refractivity contribution in [3.05, 3.63) is 0 Å². The molecule has 2 atom stereocenters. The molecule has 0 aromatic rings. The monoisotopic (exact) mass is 374 g/mol. The number of phosphoric acid groups is 2. The van der Waals surface area contributed by atoms with E-state index in [4.69, 9.17) is 4.52 Å². The van der Waals surface area contributed by atoms with Crippen LogP contribution in [0.1, 0.15) is 67.2 Å². The molecule has 9 heteroatoms. The smallest absolute Gasteiger partial charge is 0.302 e. The van der Waals surface area contributed by atoms with Gasteiger partial charge in [-0.1, -0.05) is 54.4 Å². The molecule has 0 bridgehead atoms. The minimum atomic E-state index is -4.63. The predicted octanol–water partition coefficient (Wildman–Crippen LogP) is 4.89. The summed E-state index contributed by atoms with van der Waals surface area (Å²) in [6.07, 6.45) is 3.44. The fourth-order valence-corrected chi connectivity index (χ4v) is 3.90. The van der Waals surface area contributed by atoms with Gasteiger partial charge in [0, 0.05) is 0 Å². The second-order valence-electron chi connectivity index (χ2n) is 8.06. The van der Waals surface area contributed by atoms with Crippen LogP contribution >= 0.6 is 15.6 Å². The largest absolute Gasteiger partial charge is 0.481 e. The molecular formula is C14H32O7P2. The molecule has 0 aliphatic carbocycles. The van der Waals surface area contributed by atoms with Crippen molar-refractivity contribution in [2.75, 3.05) is 13.2 Å². The Balaban J connectivity index is 4.09. The van der Waals surface area contributed by atoms with E-state index in [1.165, 1.54) is 0 Å². The lowest BCUT2D eigenvalue weighted by atomic mass is 9.89. The molecule has 0 spiro atoms. The Bertz CT molecular complexity index is 437. The highest BCUT2D eigenvalue weighted by molar-refractivity contribution is 7.61. The quantitative estimate of drug-likeness (QED) is 0.414. The van der Waals surface area contributed by atoms with Crippen molar-refractivity contribution < 1.29 is 32.3 Å². The maximum Gasteiger partial charge on any atom is 0.481 e. The summed E-state index contributed by atoms with van der Waals surface area (Å²) in [6.45, 7) is 11.7. The van der Waals surface area contributed by atoms with E-state index in [-0.39, 0.29) is 24.0 Å². The third kappa shape index (κ3) is 15.5. The minimum absolute atomic E-state index is 0.0167. The van der Waals surface area contributed by atoms with Gasteiger partial charge in [-0.15, -0.1) is 0 Å². The van der Waals surface area contributed by atoms with Crippen molar-refractivity contribution in [2.45, 2.75) is 67.2 Å². The van der Waals surface area contributed by atoms with Crippen molar-refractivity contribution >= 4 is 15.6 Å².